The summed E-state index contributed by atoms with van der Waals surface area (Å²) >= 11 is 0.713. The Morgan fingerprint density at radius 2 is 1.19 bits per heavy atom. The summed E-state index contributed by atoms with van der Waals surface area (Å²) in [6.45, 7) is 15.5. The molecule has 1 nitrogen and oxygen atoms in total. The molecule has 0 aliphatic carbocycles. The molecule has 0 unspecified atom stereocenters. The van der Waals surface area contributed by atoms with Crippen molar-refractivity contribution in [1.29, 1.82) is 0 Å². The average molecular weight is 243 g/mol. The van der Waals surface area contributed by atoms with Gasteiger partial charge in [0.15, 0.2) is 0 Å². The number of rotatable bonds is 8. The Kier molecular flexibility index (Phi) is 18.2. The van der Waals surface area contributed by atoms with Crippen molar-refractivity contribution in [2.75, 3.05) is 13.2 Å². The second kappa shape index (κ2) is 15.5. The summed E-state index contributed by atoms with van der Waals surface area (Å²) in [5, 5.41) is 0. The lowest BCUT2D eigenvalue weighted by Crippen LogP contribution is -1.98. The van der Waals surface area contributed by atoms with Gasteiger partial charge in [0.05, 0.1) is 0 Å². The molecular weight excluding hydrogens is 211 g/mol. The predicted octanol–water partition coefficient (Wildman–Crippen LogP) is 4.95. The summed E-state index contributed by atoms with van der Waals surface area (Å²) in [5.41, 5.74) is 0. The van der Waals surface area contributed by atoms with Gasteiger partial charge >= 0.3 is 0 Å². The first-order valence-corrected chi connectivity index (χ1v) is 8.30. The van der Waals surface area contributed by atoms with E-state index in [1.54, 1.807) is 0 Å². The highest BCUT2D eigenvalue weighted by atomic mass is 27.1. The van der Waals surface area contributed by atoms with Gasteiger partial charge in [-0.05, 0) is 12.8 Å². The lowest BCUT2D eigenvalue weighted by molar-refractivity contribution is 0.128. The first-order chi connectivity index (χ1) is 7.54. The summed E-state index contributed by atoms with van der Waals surface area (Å²) in [6.07, 6.45) is 4.91. The molecular formula is C14H32AlO. The molecule has 0 saturated carbocycles. The van der Waals surface area contributed by atoms with Crippen molar-refractivity contribution < 1.29 is 4.74 Å². The summed E-state index contributed by atoms with van der Waals surface area (Å²) in [6, 6.07) is 0. The summed E-state index contributed by atoms with van der Waals surface area (Å²) < 4.78 is 7.23. The SMILES string of the molecule is CCCCOCCCC.C[CH](C)[Al][CH](C)C. The fourth-order valence-corrected chi connectivity index (χ4v) is 2.90. The minimum Gasteiger partial charge on any atom is -0.381 e. The molecule has 0 aliphatic rings. The Hall–Kier alpha value is 0.492. The zero-order valence-corrected chi connectivity index (χ0v) is 13.5. The third-order valence-corrected chi connectivity index (χ3v) is 3.59. The van der Waals surface area contributed by atoms with Crippen LogP contribution in [-0.2, 0) is 4.74 Å². The van der Waals surface area contributed by atoms with E-state index in [1.807, 2.05) is 0 Å². The van der Waals surface area contributed by atoms with Gasteiger partial charge < -0.3 is 4.74 Å². The lowest BCUT2D eigenvalue weighted by atomic mass is 10.3. The molecule has 0 fully saturated rings. The van der Waals surface area contributed by atoms with Crippen molar-refractivity contribution in [3.8, 4) is 0 Å². The van der Waals surface area contributed by atoms with Gasteiger partial charge in [-0.15, -0.1) is 0 Å². The van der Waals surface area contributed by atoms with Crippen LogP contribution in [0.4, 0.5) is 0 Å². The van der Waals surface area contributed by atoms with Crippen LogP contribution in [0.5, 0.6) is 0 Å². The van der Waals surface area contributed by atoms with E-state index in [9.17, 15) is 0 Å². The van der Waals surface area contributed by atoms with Crippen molar-refractivity contribution in [2.24, 2.45) is 0 Å². The monoisotopic (exact) mass is 243 g/mol. The second-order valence-electron chi connectivity index (χ2n) is 5.00. The van der Waals surface area contributed by atoms with Crippen molar-refractivity contribution in [3.63, 3.8) is 0 Å². The number of hydrogen-bond acceptors (Lipinski definition) is 1. The molecule has 0 atom stereocenters. The van der Waals surface area contributed by atoms with Crippen molar-refractivity contribution >= 4 is 15.2 Å². The molecule has 0 aliphatic heterocycles. The van der Waals surface area contributed by atoms with Crippen LogP contribution in [0.25, 0.3) is 0 Å². The molecule has 0 aromatic rings. The molecule has 1 radical (unpaired) electrons. The Morgan fingerprint density at radius 3 is 1.38 bits per heavy atom. The van der Waals surface area contributed by atoms with Crippen LogP contribution >= 0.6 is 0 Å². The summed E-state index contributed by atoms with van der Waals surface area (Å²) in [7, 11) is 0. The van der Waals surface area contributed by atoms with Crippen LogP contribution in [0.1, 0.15) is 67.2 Å². The third kappa shape index (κ3) is 24.0. The lowest BCUT2D eigenvalue weighted by Gasteiger charge is -2.02. The second-order valence-corrected chi connectivity index (χ2v) is 8.05. The van der Waals surface area contributed by atoms with E-state index in [0.29, 0.717) is 15.2 Å². The largest absolute Gasteiger partial charge is 0.381 e. The van der Waals surface area contributed by atoms with Crippen LogP contribution in [0, 0.1) is 0 Å². The molecule has 0 heterocycles. The quantitative estimate of drug-likeness (QED) is 0.433. The van der Waals surface area contributed by atoms with E-state index < -0.39 is 0 Å². The van der Waals surface area contributed by atoms with Crippen LogP contribution < -0.4 is 0 Å². The molecule has 0 spiro atoms. The van der Waals surface area contributed by atoms with Crippen LogP contribution in [0.15, 0.2) is 0 Å². The highest BCUT2D eigenvalue weighted by molar-refractivity contribution is 6.38. The van der Waals surface area contributed by atoms with Crippen LogP contribution in [0.3, 0.4) is 0 Å². The van der Waals surface area contributed by atoms with E-state index in [2.05, 4.69) is 41.5 Å². The first-order valence-electron chi connectivity index (χ1n) is 6.97. The van der Waals surface area contributed by atoms with Gasteiger partial charge in [-0.1, -0.05) is 63.9 Å². The molecule has 0 saturated heterocycles. The molecule has 2 heteroatoms. The molecule has 97 valence electrons. The Labute approximate surface area is 110 Å². The number of hydrogen-bond donors (Lipinski definition) is 0. The van der Waals surface area contributed by atoms with E-state index in [1.165, 1.54) is 25.7 Å². The van der Waals surface area contributed by atoms with Gasteiger partial charge in [0.1, 0.15) is 0 Å². The van der Waals surface area contributed by atoms with Crippen molar-refractivity contribution in [3.05, 3.63) is 0 Å². The normalized spacial score (nSPS) is 10.2. The predicted molar refractivity (Wildman–Crippen MR) is 76.6 cm³/mol. The molecule has 0 rings (SSSR count). The van der Waals surface area contributed by atoms with Gasteiger partial charge in [0, 0.05) is 13.2 Å². The van der Waals surface area contributed by atoms with Gasteiger partial charge in [-0.3, -0.25) is 0 Å². The van der Waals surface area contributed by atoms with E-state index in [-0.39, 0.29) is 0 Å². The minimum absolute atomic E-state index is 0.713. The van der Waals surface area contributed by atoms with Crippen molar-refractivity contribution in [1.82, 2.24) is 0 Å². The zero-order valence-electron chi connectivity index (χ0n) is 12.4. The Bertz CT molecular complexity index is 101. The van der Waals surface area contributed by atoms with Crippen molar-refractivity contribution in [2.45, 2.75) is 76.8 Å². The smallest absolute Gasteiger partial charge is 0.208 e. The highest BCUT2D eigenvalue weighted by Gasteiger charge is 1.99. The first kappa shape index (κ1) is 18.8. The number of unbranched alkanes of at least 4 members (excludes halogenated alkanes) is 2. The van der Waals surface area contributed by atoms with Gasteiger partial charge in [0.2, 0.25) is 15.2 Å². The van der Waals surface area contributed by atoms with Crippen LogP contribution in [0.2, 0.25) is 9.56 Å². The molecule has 0 N–H and O–H groups in total. The maximum atomic E-state index is 5.31. The molecule has 0 bridgehead atoms. The van der Waals surface area contributed by atoms with E-state index in [4.69, 9.17) is 4.74 Å². The fraction of sp³-hybridized carbons (Fsp3) is 1.00. The topological polar surface area (TPSA) is 9.23 Å². The maximum Gasteiger partial charge on any atom is 0.208 e. The summed E-state index contributed by atoms with van der Waals surface area (Å²) in [5.74, 6) is 0. The third-order valence-electron chi connectivity index (χ3n) is 2.05. The molecule has 0 aromatic heterocycles. The average Bonchev–Trinajstić information content (AvgIpc) is 2.16. The number of ether oxygens (including phenoxy) is 1. The summed E-state index contributed by atoms with van der Waals surface area (Å²) in [4.78, 5) is 0. The van der Waals surface area contributed by atoms with Crippen LogP contribution in [-0.4, -0.2) is 28.4 Å². The minimum atomic E-state index is 0.713. The molecule has 0 amide bonds. The Balaban J connectivity index is 0. The van der Waals surface area contributed by atoms with Gasteiger partial charge in [-0.25, -0.2) is 0 Å². The van der Waals surface area contributed by atoms with E-state index in [0.717, 1.165) is 22.8 Å². The van der Waals surface area contributed by atoms with Gasteiger partial charge in [0.25, 0.3) is 0 Å². The van der Waals surface area contributed by atoms with Gasteiger partial charge in [-0.2, -0.15) is 0 Å². The Morgan fingerprint density at radius 1 is 0.812 bits per heavy atom. The highest BCUT2D eigenvalue weighted by Crippen LogP contribution is 2.07. The molecule has 16 heavy (non-hydrogen) atoms. The van der Waals surface area contributed by atoms with E-state index >= 15 is 0 Å². The standard InChI is InChI=1S/C8H18O.2C3H7.Al/c1-3-5-7-9-8-6-4-2;2*1-3-2;/h3-8H2,1-2H3;2*3H,1-2H3;. The zero-order chi connectivity index (χ0) is 12.8. The fourth-order valence-electron chi connectivity index (χ4n) is 1.36. The molecule has 0 aromatic carbocycles. The maximum absolute atomic E-state index is 5.31.